The van der Waals surface area contributed by atoms with Crippen molar-refractivity contribution in [2.24, 2.45) is 4.99 Å². The molecule has 0 saturated carbocycles. The van der Waals surface area contributed by atoms with Gasteiger partial charge < -0.3 is 5.32 Å². The van der Waals surface area contributed by atoms with E-state index in [-0.39, 0.29) is 5.91 Å². The van der Waals surface area contributed by atoms with Crippen molar-refractivity contribution in [1.82, 2.24) is 5.32 Å². The van der Waals surface area contributed by atoms with Crippen LogP contribution in [0, 0.1) is 0 Å². The number of carbonyl (C=O) groups excluding carboxylic acids is 1. The van der Waals surface area contributed by atoms with Crippen LogP contribution in [-0.2, 0) is 4.79 Å². The lowest BCUT2D eigenvalue weighted by Gasteiger charge is -1.98. The van der Waals surface area contributed by atoms with Crippen LogP contribution in [0.4, 0.5) is 5.69 Å². The van der Waals surface area contributed by atoms with E-state index in [9.17, 15) is 4.79 Å². The Morgan fingerprint density at radius 2 is 2.10 bits per heavy atom. The zero-order valence-electron chi connectivity index (χ0n) is 10.2. The van der Waals surface area contributed by atoms with E-state index in [2.05, 4.69) is 10.3 Å². The molecule has 0 aliphatic carbocycles. The quantitative estimate of drug-likeness (QED) is 0.838. The second kappa shape index (κ2) is 5.83. The van der Waals surface area contributed by atoms with E-state index in [1.165, 1.54) is 11.8 Å². The van der Waals surface area contributed by atoms with E-state index in [1.54, 1.807) is 17.4 Å². The van der Waals surface area contributed by atoms with Crippen LogP contribution in [-0.4, -0.2) is 11.1 Å². The Kier molecular flexibility index (Phi) is 3.91. The Bertz CT molecular complexity index is 708. The van der Waals surface area contributed by atoms with E-state index in [0.29, 0.717) is 20.8 Å². The number of nitrogens with zero attached hydrogens (tertiary/aromatic N) is 1. The van der Waals surface area contributed by atoms with Gasteiger partial charge in [0.25, 0.3) is 5.91 Å². The van der Waals surface area contributed by atoms with Gasteiger partial charge in [-0.3, -0.25) is 4.79 Å². The molecule has 0 spiro atoms. The van der Waals surface area contributed by atoms with Gasteiger partial charge in [-0.05, 0) is 52.4 Å². The highest BCUT2D eigenvalue weighted by Gasteiger charge is 2.23. The van der Waals surface area contributed by atoms with Crippen LogP contribution in [0.25, 0.3) is 6.08 Å². The van der Waals surface area contributed by atoms with Crippen LogP contribution in [0.2, 0.25) is 5.02 Å². The number of carbonyl (C=O) groups is 1. The highest BCUT2D eigenvalue weighted by atomic mass is 35.5. The molecule has 20 heavy (non-hydrogen) atoms. The van der Waals surface area contributed by atoms with E-state index < -0.39 is 0 Å². The van der Waals surface area contributed by atoms with Gasteiger partial charge in [-0.25, -0.2) is 4.99 Å². The molecule has 0 atom stereocenters. The van der Waals surface area contributed by atoms with Crippen LogP contribution in [0.1, 0.15) is 5.56 Å². The number of nitrogens with one attached hydrogen (secondary N) is 1. The monoisotopic (exact) mass is 320 g/mol. The fourth-order valence-electron chi connectivity index (χ4n) is 1.64. The van der Waals surface area contributed by atoms with Crippen molar-refractivity contribution in [3.63, 3.8) is 0 Å². The predicted octanol–water partition coefficient (Wildman–Crippen LogP) is 4.29. The largest absolute Gasteiger partial charge is 0.300 e. The number of thioether (sulfide) groups is 1. The number of aliphatic imine (C=N–C) groups is 1. The molecular weight excluding hydrogens is 312 g/mol. The van der Waals surface area contributed by atoms with Gasteiger partial charge in [-0.1, -0.05) is 23.7 Å². The number of hydrogen-bond acceptors (Lipinski definition) is 4. The zero-order chi connectivity index (χ0) is 13.9. The van der Waals surface area contributed by atoms with Gasteiger partial charge in [0.05, 0.1) is 15.6 Å². The maximum absolute atomic E-state index is 11.9. The van der Waals surface area contributed by atoms with Gasteiger partial charge in [0.2, 0.25) is 0 Å². The average Bonchev–Trinajstić information content (AvgIpc) is 3.04. The van der Waals surface area contributed by atoms with Gasteiger partial charge in [0.1, 0.15) is 0 Å². The smallest absolute Gasteiger partial charge is 0.264 e. The Morgan fingerprint density at radius 1 is 1.25 bits per heavy atom. The molecule has 6 heteroatoms. The number of benzene rings is 1. The lowest BCUT2D eigenvalue weighted by molar-refractivity contribution is -0.115. The fraction of sp³-hybridized carbons (Fsp3) is 0. The van der Waals surface area contributed by atoms with E-state index >= 15 is 0 Å². The topological polar surface area (TPSA) is 41.5 Å². The minimum absolute atomic E-state index is 0.132. The first-order valence-electron chi connectivity index (χ1n) is 5.79. The van der Waals surface area contributed by atoms with Crippen LogP contribution in [0.3, 0.4) is 0 Å². The maximum atomic E-state index is 11.9. The third-order valence-corrected chi connectivity index (χ3v) is 4.50. The number of para-hydroxylation sites is 1. The van der Waals surface area contributed by atoms with Crippen LogP contribution in [0.15, 0.2) is 51.0 Å². The third-order valence-electron chi connectivity index (χ3n) is 2.57. The summed E-state index contributed by atoms with van der Waals surface area (Å²) in [6, 6.07) is 9.24. The minimum Gasteiger partial charge on any atom is -0.300 e. The molecule has 2 heterocycles. The molecule has 1 N–H and O–H groups in total. The standard InChI is InChI=1S/C14H9ClN2OS2/c15-10-3-1-2-4-11(10)16-14-17-13(18)12(20-14)7-9-5-6-19-8-9/h1-8H,(H,16,17,18). The molecule has 1 aromatic carbocycles. The normalized spacial score (nSPS) is 18.8. The van der Waals surface area contributed by atoms with Crippen molar-refractivity contribution in [2.45, 2.75) is 0 Å². The molecule has 0 unspecified atom stereocenters. The van der Waals surface area contributed by atoms with Crippen LogP contribution < -0.4 is 5.32 Å². The molecule has 100 valence electrons. The minimum atomic E-state index is -0.132. The SMILES string of the molecule is O=C1NC(=Nc2ccccc2Cl)SC1=Cc1ccsc1. The summed E-state index contributed by atoms with van der Waals surface area (Å²) < 4.78 is 0. The fourth-order valence-corrected chi connectivity index (χ4v) is 3.27. The molecule has 1 saturated heterocycles. The third kappa shape index (κ3) is 2.95. The molecule has 3 nitrogen and oxygen atoms in total. The maximum Gasteiger partial charge on any atom is 0.264 e. The number of amides is 1. The summed E-state index contributed by atoms with van der Waals surface area (Å²) in [7, 11) is 0. The van der Waals surface area contributed by atoms with E-state index in [1.807, 2.05) is 41.1 Å². The number of rotatable bonds is 2. The highest BCUT2D eigenvalue weighted by molar-refractivity contribution is 8.18. The average molecular weight is 321 g/mol. The molecule has 1 aliphatic heterocycles. The summed E-state index contributed by atoms with van der Waals surface area (Å²) in [6.45, 7) is 0. The van der Waals surface area contributed by atoms with Gasteiger partial charge >= 0.3 is 0 Å². The molecule has 3 rings (SSSR count). The number of amidine groups is 1. The highest BCUT2D eigenvalue weighted by Crippen LogP contribution is 2.30. The first-order valence-corrected chi connectivity index (χ1v) is 7.92. The van der Waals surface area contributed by atoms with Gasteiger partial charge in [-0.2, -0.15) is 11.3 Å². The Balaban J connectivity index is 1.85. The number of hydrogen-bond donors (Lipinski definition) is 1. The number of halogens is 1. The molecule has 1 fully saturated rings. The van der Waals surface area contributed by atoms with Crippen molar-refractivity contribution >= 4 is 57.5 Å². The summed E-state index contributed by atoms with van der Waals surface area (Å²) in [5, 5.41) is 7.81. The predicted molar refractivity (Wildman–Crippen MR) is 86.6 cm³/mol. The summed E-state index contributed by atoms with van der Waals surface area (Å²) in [6.07, 6.45) is 1.85. The molecular formula is C14H9ClN2OS2. The van der Waals surface area contributed by atoms with Crippen molar-refractivity contribution in [2.75, 3.05) is 0 Å². The summed E-state index contributed by atoms with van der Waals surface area (Å²) in [5.74, 6) is -0.132. The van der Waals surface area contributed by atoms with Crippen molar-refractivity contribution in [3.05, 3.63) is 56.6 Å². The Morgan fingerprint density at radius 3 is 2.85 bits per heavy atom. The molecule has 0 radical (unpaired) electrons. The summed E-state index contributed by atoms with van der Waals surface area (Å²) >= 11 is 8.96. The first-order chi connectivity index (χ1) is 9.72. The lowest BCUT2D eigenvalue weighted by atomic mass is 10.3. The van der Waals surface area contributed by atoms with Crippen molar-refractivity contribution in [3.8, 4) is 0 Å². The summed E-state index contributed by atoms with van der Waals surface area (Å²) in [5.41, 5.74) is 1.67. The Hall–Kier alpha value is -1.56. The molecule has 1 amide bonds. The second-order valence-electron chi connectivity index (χ2n) is 3.99. The zero-order valence-corrected chi connectivity index (χ0v) is 12.6. The molecule has 2 aromatic rings. The Labute approximate surface area is 129 Å². The lowest BCUT2D eigenvalue weighted by Crippen LogP contribution is -2.19. The van der Waals surface area contributed by atoms with Gasteiger partial charge in [-0.15, -0.1) is 0 Å². The van der Waals surface area contributed by atoms with E-state index in [4.69, 9.17) is 11.6 Å². The number of thiophene rings is 1. The van der Waals surface area contributed by atoms with Crippen molar-refractivity contribution < 1.29 is 4.79 Å². The van der Waals surface area contributed by atoms with Gasteiger partial charge in [0.15, 0.2) is 5.17 Å². The van der Waals surface area contributed by atoms with Gasteiger partial charge in [0, 0.05) is 0 Å². The first kappa shape index (κ1) is 13.4. The van der Waals surface area contributed by atoms with Crippen LogP contribution in [0.5, 0.6) is 0 Å². The summed E-state index contributed by atoms with van der Waals surface area (Å²) in [4.78, 5) is 16.9. The second-order valence-corrected chi connectivity index (χ2v) is 6.21. The van der Waals surface area contributed by atoms with E-state index in [0.717, 1.165) is 5.56 Å². The molecule has 1 aliphatic rings. The molecule has 1 aromatic heterocycles. The van der Waals surface area contributed by atoms with Crippen LogP contribution >= 0.6 is 34.7 Å². The molecule has 0 bridgehead atoms. The van der Waals surface area contributed by atoms with Crippen molar-refractivity contribution in [1.29, 1.82) is 0 Å².